The van der Waals surface area contributed by atoms with Crippen LogP contribution in [0.1, 0.15) is 28.1 Å². The highest BCUT2D eigenvalue weighted by Gasteiger charge is 2.10. The summed E-state index contributed by atoms with van der Waals surface area (Å²) in [4.78, 5) is 0. The molecule has 1 heterocycles. The Morgan fingerprint density at radius 3 is 2.54 bits per heavy atom. The van der Waals surface area contributed by atoms with Gasteiger partial charge >= 0.3 is 6.01 Å². The van der Waals surface area contributed by atoms with Crippen LogP contribution in [0.3, 0.4) is 0 Å². The maximum Gasteiger partial charge on any atom is 0.315 e. The summed E-state index contributed by atoms with van der Waals surface area (Å²) in [6.45, 7) is 4.69. The SMILES string of the molecule is Cc1cc(CNc2nnc(CO)o2)cc(C)c1OCc1ccccc1Cl. The summed E-state index contributed by atoms with van der Waals surface area (Å²) in [6, 6.07) is 12.0. The Morgan fingerprint density at radius 1 is 1.15 bits per heavy atom. The average molecular weight is 374 g/mol. The van der Waals surface area contributed by atoms with Gasteiger partial charge in [0.15, 0.2) is 0 Å². The second-order valence-electron chi connectivity index (χ2n) is 5.95. The van der Waals surface area contributed by atoms with Crippen LogP contribution >= 0.6 is 11.6 Å². The Balaban J connectivity index is 1.66. The van der Waals surface area contributed by atoms with Gasteiger partial charge in [-0.3, -0.25) is 0 Å². The van der Waals surface area contributed by atoms with E-state index < -0.39 is 0 Å². The molecule has 1 aromatic heterocycles. The third-order valence-corrected chi connectivity index (χ3v) is 4.26. The number of hydrogen-bond acceptors (Lipinski definition) is 6. The van der Waals surface area contributed by atoms with Crippen LogP contribution in [-0.4, -0.2) is 15.3 Å². The van der Waals surface area contributed by atoms with Gasteiger partial charge < -0.3 is 19.6 Å². The van der Waals surface area contributed by atoms with Gasteiger partial charge in [-0.1, -0.05) is 47.0 Å². The van der Waals surface area contributed by atoms with E-state index in [4.69, 9.17) is 25.9 Å². The number of rotatable bonds is 7. The van der Waals surface area contributed by atoms with E-state index in [1.807, 2.05) is 50.2 Å². The Kier molecular flexibility index (Phi) is 5.75. The normalized spacial score (nSPS) is 10.8. The molecule has 0 saturated heterocycles. The van der Waals surface area contributed by atoms with Crippen molar-refractivity contribution in [1.29, 1.82) is 0 Å². The van der Waals surface area contributed by atoms with Crippen LogP contribution in [0.5, 0.6) is 5.75 Å². The number of aliphatic hydroxyl groups excluding tert-OH is 1. The zero-order chi connectivity index (χ0) is 18.5. The molecule has 0 amide bonds. The van der Waals surface area contributed by atoms with E-state index in [0.717, 1.165) is 28.0 Å². The third-order valence-electron chi connectivity index (χ3n) is 3.90. The van der Waals surface area contributed by atoms with Crippen molar-refractivity contribution in [3.05, 3.63) is 69.6 Å². The molecular formula is C19H20ClN3O3. The van der Waals surface area contributed by atoms with Gasteiger partial charge in [-0.05, 0) is 36.6 Å². The highest BCUT2D eigenvalue weighted by Crippen LogP contribution is 2.27. The molecule has 7 heteroatoms. The summed E-state index contributed by atoms with van der Waals surface area (Å²) in [5.41, 5.74) is 4.09. The van der Waals surface area contributed by atoms with Crippen molar-refractivity contribution in [2.75, 3.05) is 5.32 Å². The molecule has 26 heavy (non-hydrogen) atoms. The van der Waals surface area contributed by atoms with Crippen molar-refractivity contribution in [1.82, 2.24) is 10.2 Å². The van der Waals surface area contributed by atoms with Gasteiger partial charge in [0.05, 0.1) is 0 Å². The lowest BCUT2D eigenvalue weighted by Crippen LogP contribution is -2.03. The first kappa shape index (κ1) is 18.2. The van der Waals surface area contributed by atoms with Gasteiger partial charge in [0.25, 0.3) is 0 Å². The van der Waals surface area contributed by atoms with Crippen molar-refractivity contribution in [3.8, 4) is 5.75 Å². The predicted molar refractivity (Wildman–Crippen MR) is 99.2 cm³/mol. The largest absolute Gasteiger partial charge is 0.488 e. The molecule has 3 rings (SSSR count). The molecule has 0 aliphatic heterocycles. The van der Waals surface area contributed by atoms with Gasteiger partial charge in [-0.15, -0.1) is 5.10 Å². The Morgan fingerprint density at radius 2 is 1.88 bits per heavy atom. The molecular weight excluding hydrogens is 354 g/mol. The zero-order valence-corrected chi connectivity index (χ0v) is 15.4. The molecule has 2 aromatic carbocycles. The highest BCUT2D eigenvalue weighted by molar-refractivity contribution is 6.31. The molecule has 0 aliphatic rings. The number of nitrogens with one attached hydrogen (secondary N) is 1. The maximum atomic E-state index is 8.94. The van der Waals surface area contributed by atoms with Crippen LogP contribution in [0.25, 0.3) is 0 Å². The van der Waals surface area contributed by atoms with E-state index in [1.165, 1.54) is 0 Å². The molecule has 0 atom stereocenters. The summed E-state index contributed by atoms with van der Waals surface area (Å²) in [5, 5.41) is 20.2. The number of aliphatic hydroxyl groups is 1. The van der Waals surface area contributed by atoms with Crippen LogP contribution in [0, 0.1) is 13.8 Å². The summed E-state index contributed by atoms with van der Waals surface area (Å²) in [7, 11) is 0. The highest BCUT2D eigenvalue weighted by atomic mass is 35.5. The molecule has 3 aromatic rings. The molecule has 0 fully saturated rings. The van der Waals surface area contributed by atoms with E-state index in [9.17, 15) is 0 Å². The molecule has 0 radical (unpaired) electrons. The second kappa shape index (κ2) is 8.21. The smallest absolute Gasteiger partial charge is 0.315 e. The molecule has 0 saturated carbocycles. The molecule has 0 bridgehead atoms. The number of benzene rings is 2. The van der Waals surface area contributed by atoms with Crippen LogP contribution in [-0.2, 0) is 19.8 Å². The molecule has 0 spiro atoms. The number of halogens is 1. The van der Waals surface area contributed by atoms with Crippen molar-refractivity contribution in [2.45, 2.75) is 33.6 Å². The van der Waals surface area contributed by atoms with E-state index in [0.29, 0.717) is 18.2 Å². The average Bonchev–Trinajstić information content (AvgIpc) is 3.09. The summed E-state index contributed by atoms with van der Waals surface area (Å²) < 4.78 is 11.2. The van der Waals surface area contributed by atoms with Crippen molar-refractivity contribution in [2.24, 2.45) is 0 Å². The first-order chi connectivity index (χ1) is 12.6. The van der Waals surface area contributed by atoms with E-state index in [1.54, 1.807) is 0 Å². The van der Waals surface area contributed by atoms with Crippen LogP contribution in [0.4, 0.5) is 6.01 Å². The zero-order valence-electron chi connectivity index (χ0n) is 14.6. The fraction of sp³-hybridized carbons (Fsp3) is 0.263. The molecule has 0 aliphatic carbocycles. The van der Waals surface area contributed by atoms with Gasteiger partial charge in [-0.2, -0.15) is 0 Å². The van der Waals surface area contributed by atoms with Crippen LogP contribution < -0.4 is 10.1 Å². The number of ether oxygens (including phenoxy) is 1. The standard InChI is InChI=1S/C19H20ClN3O3/c1-12-7-14(9-21-19-23-22-17(10-24)26-19)8-13(2)18(12)25-11-15-5-3-4-6-16(15)20/h3-8,24H,9-11H2,1-2H3,(H,21,23). The quantitative estimate of drug-likeness (QED) is 0.651. The van der Waals surface area contributed by atoms with Crippen molar-refractivity contribution >= 4 is 17.6 Å². The molecule has 2 N–H and O–H groups in total. The number of aromatic nitrogens is 2. The summed E-state index contributed by atoms with van der Waals surface area (Å²) in [5.74, 6) is 1.04. The number of hydrogen-bond donors (Lipinski definition) is 2. The Bertz CT molecular complexity index is 872. The van der Waals surface area contributed by atoms with Crippen LogP contribution in [0.15, 0.2) is 40.8 Å². The monoisotopic (exact) mass is 373 g/mol. The van der Waals surface area contributed by atoms with E-state index in [-0.39, 0.29) is 18.5 Å². The maximum absolute atomic E-state index is 8.94. The number of aryl methyl sites for hydroxylation is 2. The molecule has 6 nitrogen and oxygen atoms in total. The van der Waals surface area contributed by atoms with Crippen LogP contribution in [0.2, 0.25) is 5.02 Å². The Labute approximate surface area is 156 Å². The topological polar surface area (TPSA) is 80.4 Å². The summed E-state index contributed by atoms with van der Waals surface area (Å²) in [6.07, 6.45) is 0. The number of nitrogens with zero attached hydrogens (tertiary/aromatic N) is 2. The minimum Gasteiger partial charge on any atom is -0.488 e. The van der Waals surface area contributed by atoms with Gasteiger partial charge in [-0.25, -0.2) is 0 Å². The lowest BCUT2D eigenvalue weighted by atomic mass is 10.1. The summed E-state index contributed by atoms with van der Waals surface area (Å²) >= 11 is 6.18. The van der Waals surface area contributed by atoms with Gasteiger partial charge in [0.2, 0.25) is 5.89 Å². The lowest BCUT2D eigenvalue weighted by Gasteiger charge is -2.15. The van der Waals surface area contributed by atoms with Crippen molar-refractivity contribution in [3.63, 3.8) is 0 Å². The Hall–Kier alpha value is -2.57. The lowest BCUT2D eigenvalue weighted by molar-refractivity contribution is 0.241. The van der Waals surface area contributed by atoms with Gasteiger partial charge in [0, 0.05) is 17.1 Å². The van der Waals surface area contributed by atoms with Gasteiger partial charge in [0.1, 0.15) is 19.0 Å². The predicted octanol–water partition coefficient (Wildman–Crippen LogP) is 4.02. The number of anilines is 1. The van der Waals surface area contributed by atoms with Crippen molar-refractivity contribution < 1.29 is 14.3 Å². The third kappa shape index (κ3) is 4.33. The first-order valence-electron chi connectivity index (χ1n) is 8.20. The molecule has 0 unspecified atom stereocenters. The fourth-order valence-corrected chi connectivity index (χ4v) is 2.89. The minimum atomic E-state index is -0.273. The van der Waals surface area contributed by atoms with E-state index >= 15 is 0 Å². The van der Waals surface area contributed by atoms with E-state index in [2.05, 4.69) is 15.5 Å². The molecule has 136 valence electrons. The fourth-order valence-electron chi connectivity index (χ4n) is 2.70. The first-order valence-corrected chi connectivity index (χ1v) is 8.58. The second-order valence-corrected chi connectivity index (χ2v) is 6.36. The minimum absolute atomic E-state index is 0.184.